The van der Waals surface area contributed by atoms with Crippen molar-refractivity contribution in [2.24, 2.45) is 0 Å². The first-order valence-electron chi connectivity index (χ1n) is 6.64. The van der Waals surface area contributed by atoms with Gasteiger partial charge in [-0.3, -0.25) is 4.79 Å². The number of carbonyl (C=O) groups is 1. The van der Waals surface area contributed by atoms with E-state index in [4.69, 9.17) is 0 Å². The first-order valence-corrected chi connectivity index (χ1v) is 6.64. The van der Waals surface area contributed by atoms with Crippen molar-refractivity contribution in [3.63, 3.8) is 0 Å². The predicted molar refractivity (Wildman–Crippen MR) is 81.1 cm³/mol. The Bertz CT molecular complexity index is 422. The molecule has 1 fully saturated rings. The topological polar surface area (TPSA) is 32.3 Å². The second-order valence-corrected chi connectivity index (χ2v) is 5.27. The van der Waals surface area contributed by atoms with Crippen LogP contribution in [0.2, 0.25) is 0 Å². The Morgan fingerprint density at radius 1 is 1.16 bits per heavy atom. The molecule has 3 nitrogen and oxygen atoms in total. The lowest BCUT2D eigenvalue weighted by Crippen LogP contribution is -2.44. The van der Waals surface area contributed by atoms with Gasteiger partial charge in [-0.05, 0) is 51.9 Å². The molecule has 2 rings (SSSR count). The van der Waals surface area contributed by atoms with Crippen molar-refractivity contribution in [2.75, 3.05) is 20.1 Å². The third kappa shape index (κ3) is 3.95. The van der Waals surface area contributed by atoms with Crippen LogP contribution in [-0.2, 0) is 0 Å². The van der Waals surface area contributed by atoms with Crippen molar-refractivity contribution < 1.29 is 4.79 Å². The van der Waals surface area contributed by atoms with E-state index in [0.29, 0.717) is 6.04 Å². The maximum absolute atomic E-state index is 12.5. The zero-order chi connectivity index (χ0) is 13.1. The number of benzene rings is 1. The van der Waals surface area contributed by atoms with Crippen molar-refractivity contribution in [2.45, 2.75) is 32.7 Å². The molecule has 1 saturated heterocycles. The van der Waals surface area contributed by atoms with Gasteiger partial charge in [-0.2, -0.15) is 0 Å². The van der Waals surface area contributed by atoms with Crippen molar-refractivity contribution >= 4 is 18.3 Å². The minimum absolute atomic E-state index is 0. The summed E-state index contributed by atoms with van der Waals surface area (Å²) < 4.78 is 0. The number of nitrogens with one attached hydrogen (secondary N) is 1. The summed E-state index contributed by atoms with van der Waals surface area (Å²) in [5.74, 6) is 0.147. The maximum atomic E-state index is 12.5. The fourth-order valence-electron chi connectivity index (χ4n) is 2.66. The van der Waals surface area contributed by atoms with Crippen LogP contribution in [0.15, 0.2) is 18.2 Å². The van der Waals surface area contributed by atoms with E-state index in [1.54, 1.807) is 0 Å². The summed E-state index contributed by atoms with van der Waals surface area (Å²) in [6.07, 6.45) is 2.10. The summed E-state index contributed by atoms with van der Waals surface area (Å²) in [6, 6.07) is 6.43. The summed E-state index contributed by atoms with van der Waals surface area (Å²) >= 11 is 0. The lowest BCUT2D eigenvalue weighted by molar-refractivity contribution is 0.0703. The molecule has 1 N–H and O–H groups in total. The second kappa shape index (κ2) is 6.92. The van der Waals surface area contributed by atoms with Crippen molar-refractivity contribution in [1.82, 2.24) is 10.2 Å². The van der Waals surface area contributed by atoms with E-state index in [2.05, 4.69) is 11.4 Å². The average Bonchev–Trinajstić information content (AvgIpc) is 2.37. The number of aryl methyl sites for hydroxylation is 2. The first kappa shape index (κ1) is 16.0. The maximum Gasteiger partial charge on any atom is 0.253 e. The molecule has 1 heterocycles. The monoisotopic (exact) mass is 282 g/mol. The van der Waals surface area contributed by atoms with Crippen molar-refractivity contribution in [3.8, 4) is 0 Å². The molecule has 0 spiro atoms. The van der Waals surface area contributed by atoms with Crippen LogP contribution in [0.3, 0.4) is 0 Å². The Morgan fingerprint density at radius 2 is 1.68 bits per heavy atom. The third-order valence-corrected chi connectivity index (χ3v) is 3.65. The molecule has 1 amide bonds. The molecule has 1 aliphatic heterocycles. The molecule has 19 heavy (non-hydrogen) atoms. The van der Waals surface area contributed by atoms with Gasteiger partial charge in [0.2, 0.25) is 0 Å². The summed E-state index contributed by atoms with van der Waals surface area (Å²) in [6.45, 7) is 6.09. The van der Waals surface area contributed by atoms with Crippen LogP contribution in [-0.4, -0.2) is 37.0 Å². The molecular formula is C15H23ClN2O. The molecule has 0 saturated carbocycles. The van der Waals surface area contributed by atoms with Crippen LogP contribution in [0.5, 0.6) is 0 Å². The normalized spacial score (nSPS) is 15.7. The van der Waals surface area contributed by atoms with Gasteiger partial charge in [-0.15, -0.1) is 12.4 Å². The van der Waals surface area contributed by atoms with E-state index in [9.17, 15) is 4.79 Å². The van der Waals surface area contributed by atoms with Gasteiger partial charge in [0, 0.05) is 18.7 Å². The van der Waals surface area contributed by atoms with Gasteiger partial charge >= 0.3 is 0 Å². The summed E-state index contributed by atoms with van der Waals surface area (Å²) in [7, 11) is 1.93. The number of halogens is 1. The molecule has 0 aliphatic carbocycles. The number of hydrogen-bond donors (Lipinski definition) is 1. The third-order valence-electron chi connectivity index (χ3n) is 3.65. The molecule has 0 radical (unpaired) electrons. The minimum atomic E-state index is 0. The van der Waals surface area contributed by atoms with Crippen LogP contribution in [0.4, 0.5) is 0 Å². The van der Waals surface area contributed by atoms with Crippen LogP contribution in [0.1, 0.15) is 34.3 Å². The van der Waals surface area contributed by atoms with E-state index < -0.39 is 0 Å². The van der Waals surface area contributed by atoms with Gasteiger partial charge < -0.3 is 10.2 Å². The Balaban J connectivity index is 0.00000180. The number of amides is 1. The van der Waals surface area contributed by atoms with Crippen molar-refractivity contribution in [3.05, 3.63) is 34.9 Å². The summed E-state index contributed by atoms with van der Waals surface area (Å²) in [5.41, 5.74) is 3.11. The molecule has 0 atom stereocenters. The molecule has 0 aromatic heterocycles. The lowest BCUT2D eigenvalue weighted by Gasteiger charge is -2.31. The molecule has 0 bridgehead atoms. The van der Waals surface area contributed by atoms with Crippen LogP contribution in [0.25, 0.3) is 0 Å². The number of nitrogens with zero attached hydrogens (tertiary/aromatic N) is 1. The Kier molecular flexibility index (Phi) is 5.83. The van der Waals surface area contributed by atoms with Crippen molar-refractivity contribution in [1.29, 1.82) is 0 Å². The summed E-state index contributed by atoms with van der Waals surface area (Å²) in [4.78, 5) is 14.4. The number of piperidine rings is 1. The zero-order valence-corrected chi connectivity index (χ0v) is 12.7. The smallest absolute Gasteiger partial charge is 0.253 e. The minimum Gasteiger partial charge on any atom is -0.339 e. The van der Waals surface area contributed by atoms with Gasteiger partial charge in [0.15, 0.2) is 0 Å². The Hall–Kier alpha value is -1.06. The Labute approximate surface area is 121 Å². The predicted octanol–water partition coefficient (Wildman–Crippen LogP) is 2.55. The molecular weight excluding hydrogens is 260 g/mol. The van der Waals surface area contributed by atoms with Gasteiger partial charge in [0.05, 0.1) is 0 Å². The summed E-state index contributed by atoms with van der Waals surface area (Å²) in [5, 5.41) is 3.33. The van der Waals surface area contributed by atoms with E-state index >= 15 is 0 Å². The fraction of sp³-hybridized carbons (Fsp3) is 0.533. The quantitative estimate of drug-likeness (QED) is 0.904. The standard InChI is InChI=1S/C15H22N2O.ClH/c1-11-8-12(2)10-13(9-11)15(18)17(3)14-4-6-16-7-5-14;/h8-10,14,16H,4-7H2,1-3H3;1H. The van der Waals surface area contributed by atoms with E-state index in [0.717, 1.165) is 42.6 Å². The highest BCUT2D eigenvalue weighted by Crippen LogP contribution is 2.16. The molecule has 106 valence electrons. The van der Waals surface area contributed by atoms with Gasteiger partial charge in [0.1, 0.15) is 0 Å². The highest BCUT2D eigenvalue weighted by Gasteiger charge is 2.22. The highest BCUT2D eigenvalue weighted by atomic mass is 35.5. The fourth-order valence-corrected chi connectivity index (χ4v) is 2.66. The highest BCUT2D eigenvalue weighted by molar-refractivity contribution is 5.94. The second-order valence-electron chi connectivity index (χ2n) is 5.27. The van der Waals surface area contributed by atoms with Gasteiger partial charge in [-0.25, -0.2) is 0 Å². The van der Waals surface area contributed by atoms with Crippen LogP contribution in [0, 0.1) is 13.8 Å². The van der Waals surface area contributed by atoms with E-state index in [1.165, 1.54) is 0 Å². The first-order chi connectivity index (χ1) is 8.58. The molecule has 4 heteroatoms. The van der Waals surface area contributed by atoms with E-state index in [1.807, 2.05) is 37.9 Å². The zero-order valence-electron chi connectivity index (χ0n) is 11.9. The lowest BCUT2D eigenvalue weighted by atomic mass is 10.0. The van der Waals surface area contributed by atoms with Gasteiger partial charge in [-0.1, -0.05) is 17.2 Å². The molecule has 1 aliphatic rings. The van der Waals surface area contributed by atoms with Crippen LogP contribution >= 0.6 is 12.4 Å². The van der Waals surface area contributed by atoms with Gasteiger partial charge in [0.25, 0.3) is 5.91 Å². The van der Waals surface area contributed by atoms with E-state index in [-0.39, 0.29) is 18.3 Å². The average molecular weight is 283 g/mol. The molecule has 1 aromatic carbocycles. The number of hydrogen-bond acceptors (Lipinski definition) is 2. The number of rotatable bonds is 2. The molecule has 1 aromatic rings. The van der Waals surface area contributed by atoms with Crippen LogP contribution < -0.4 is 5.32 Å². The SMILES string of the molecule is Cc1cc(C)cc(C(=O)N(C)C2CCNCC2)c1.Cl. The molecule has 0 unspecified atom stereocenters. The largest absolute Gasteiger partial charge is 0.339 e. The Morgan fingerprint density at radius 3 is 2.21 bits per heavy atom. The number of carbonyl (C=O) groups excluding carboxylic acids is 1.